The lowest BCUT2D eigenvalue weighted by Gasteiger charge is -2.21. The Kier molecular flexibility index (Phi) is 3.75. The van der Waals surface area contributed by atoms with Crippen molar-refractivity contribution in [1.29, 1.82) is 0 Å². The van der Waals surface area contributed by atoms with E-state index in [9.17, 15) is 4.79 Å². The molecular formula is C18H19N3OS. The number of aromatic nitrogens is 2. The molecule has 1 unspecified atom stereocenters. The number of nitrogens with zero attached hydrogens (tertiary/aromatic N) is 3. The minimum absolute atomic E-state index is 0.186. The van der Waals surface area contributed by atoms with Crippen LogP contribution in [0.5, 0.6) is 0 Å². The number of ketones is 1. The van der Waals surface area contributed by atoms with Gasteiger partial charge in [0, 0.05) is 13.2 Å². The Bertz CT molecular complexity index is 818. The highest BCUT2D eigenvalue weighted by atomic mass is 32.1. The molecule has 4 nitrogen and oxygen atoms in total. The number of thiazole rings is 1. The highest BCUT2D eigenvalue weighted by molar-refractivity contribution is 7.18. The number of hydrogen-bond acceptors (Lipinski definition) is 4. The third kappa shape index (κ3) is 2.71. The molecule has 1 aromatic carbocycles. The molecule has 1 atom stereocenters. The van der Waals surface area contributed by atoms with E-state index in [4.69, 9.17) is 4.98 Å². The van der Waals surface area contributed by atoms with E-state index in [0.717, 1.165) is 35.6 Å². The predicted octanol–water partition coefficient (Wildman–Crippen LogP) is 3.65. The number of Topliss-reactive ketones (excluding diaryl/α,β-unsaturated/α-hetero) is 1. The number of carbonyl (C=O) groups excluding carboxylic acids is 1. The van der Waals surface area contributed by atoms with Crippen LogP contribution in [0, 0.1) is 0 Å². The fourth-order valence-electron chi connectivity index (χ4n) is 3.34. The summed E-state index contributed by atoms with van der Waals surface area (Å²) in [7, 11) is 1.92. The van der Waals surface area contributed by atoms with Gasteiger partial charge in [0.25, 0.3) is 0 Å². The first-order valence-electron chi connectivity index (χ1n) is 7.96. The van der Waals surface area contributed by atoms with Crippen molar-refractivity contribution in [2.24, 2.45) is 7.05 Å². The van der Waals surface area contributed by atoms with Crippen molar-refractivity contribution in [2.45, 2.75) is 18.9 Å². The summed E-state index contributed by atoms with van der Waals surface area (Å²) in [5, 5.41) is 1.14. The Morgan fingerprint density at radius 2 is 2.17 bits per heavy atom. The molecule has 0 aliphatic carbocycles. The van der Waals surface area contributed by atoms with Crippen LogP contribution in [-0.4, -0.2) is 33.3 Å². The second-order valence-corrected chi connectivity index (χ2v) is 7.14. The molecule has 3 heterocycles. The van der Waals surface area contributed by atoms with E-state index in [0.29, 0.717) is 6.54 Å². The van der Waals surface area contributed by atoms with Crippen LogP contribution in [0.15, 0.2) is 42.6 Å². The van der Waals surface area contributed by atoms with Crippen LogP contribution in [0.1, 0.15) is 34.4 Å². The molecule has 0 saturated carbocycles. The minimum Gasteiger partial charge on any atom is -0.348 e. The molecular weight excluding hydrogens is 306 g/mol. The van der Waals surface area contributed by atoms with Crippen molar-refractivity contribution in [3.8, 4) is 0 Å². The summed E-state index contributed by atoms with van der Waals surface area (Å²) >= 11 is 1.76. The van der Waals surface area contributed by atoms with Gasteiger partial charge >= 0.3 is 0 Å². The summed E-state index contributed by atoms with van der Waals surface area (Å²) < 4.78 is 3.12. The van der Waals surface area contributed by atoms with E-state index in [1.807, 2.05) is 36.0 Å². The summed E-state index contributed by atoms with van der Waals surface area (Å²) in [6, 6.07) is 12.3. The van der Waals surface area contributed by atoms with Crippen LogP contribution >= 0.6 is 11.3 Å². The number of carbonyl (C=O) groups is 1. The fraction of sp³-hybridized carbons (Fsp3) is 0.333. The number of benzene rings is 1. The molecule has 4 rings (SSSR count). The Morgan fingerprint density at radius 1 is 1.30 bits per heavy atom. The second-order valence-electron chi connectivity index (χ2n) is 6.08. The molecule has 0 amide bonds. The molecule has 118 valence electrons. The van der Waals surface area contributed by atoms with Gasteiger partial charge in [0.15, 0.2) is 5.78 Å². The predicted molar refractivity (Wildman–Crippen MR) is 92.9 cm³/mol. The van der Waals surface area contributed by atoms with Gasteiger partial charge in [-0.05, 0) is 43.7 Å². The Morgan fingerprint density at radius 3 is 2.96 bits per heavy atom. The van der Waals surface area contributed by atoms with Gasteiger partial charge in [0.05, 0.1) is 28.5 Å². The normalized spacial score (nSPS) is 18.7. The molecule has 1 fully saturated rings. The zero-order valence-electron chi connectivity index (χ0n) is 13.1. The maximum atomic E-state index is 12.6. The standard InChI is InChI=1S/C18H19N3OS/c1-20-10-4-7-14(20)16(22)12-21-11-5-8-15(21)18-19-13-6-2-3-9-17(13)23-18/h2-4,6-7,9-10,15H,5,8,11-12H2,1H3. The first kappa shape index (κ1) is 14.6. The van der Waals surface area contributed by atoms with Crippen molar-refractivity contribution < 1.29 is 4.79 Å². The third-order valence-electron chi connectivity index (χ3n) is 4.54. The van der Waals surface area contributed by atoms with Gasteiger partial charge in [-0.15, -0.1) is 11.3 Å². The Hall–Kier alpha value is -1.98. The molecule has 2 aromatic heterocycles. The van der Waals surface area contributed by atoms with Gasteiger partial charge in [-0.25, -0.2) is 4.98 Å². The van der Waals surface area contributed by atoms with E-state index in [-0.39, 0.29) is 11.8 Å². The number of para-hydroxylation sites is 1. The lowest BCUT2D eigenvalue weighted by Crippen LogP contribution is -2.30. The van der Waals surface area contributed by atoms with Crippen LogP contribution in [0.3, 0.4) is 0 Å². The summed E-state index contributed by atoms with van der Waals surface area (Å²) in [4.78, 5) is 19.6. The molecule has 3 aromatic rings. The van der Waals surface area contributed by atoms with Crippen molar-refractivity contribution in [3.05, 3.63) is 53.3 Å². The Labute approximate surface area is 139 Å². The summed E-state index contributed by atoms with van der Waals surface area (Å²) in [5.41, 5.74) is 1.84. The zero-order chi connectivity index (χ0) is 15.8. The van der Waals surface area contributed by atoms with Gasteiger partial charge in [0.2, 0.25) is 0 Å². The lowest BCUT2D eigenvalue weighted by atomic mass is 10.2. The Balaban J connectivity index is 1.57. The van der Waals surface area contributed by atoms with Crippen molar-refractivity contribution in [1.82, 2.24) is 14.5 Å². The first-order valence-corrected chi connectivity index (χ1v) is 8.78. The monoisotopic (exact) mass is 325 g/mol. The van der Waals surface area contributed by atoms with Gasteiger partial charge < -0.3 is 4.57 Å². The van der Waals surface area contributed by atoms with Gasteiger partial charge in [-0.2, -0.15) is 0 Å². The average molecular weight is 325 g/mol. The quantitative estimate of drug-likeness (QED) is 0.687. The first-order chi connectivity index (χ1) is 11.2. The number of aryl methyl sites for hydroxylation is 1. The van der Waals surface area contributed by atoms with Crippen LogP contribution < -0.4 is 0 Å². The van der Waals surface area contributed by atoms with Crippen LogP contribution in [0.25, 0.3) is 10.2 Å². The van der Waals surface area contributed by atoms with Crippen LogP contribution in [-0.2, 0) is 7.05 Å². The minimum atomic E-state index is 0.186. The molecule has 0 N–H and O–H groups in total. The van der Waals surface area contributed by atoms with Crippen molar-refractivity contribution >= 4 is 27.3 Å². The maximum absolute atomic E-state index is 12.6. The van der Waals surface area contributed by atoms with E-state index in [2.05, 4.69) is 23.1 Å². The number of rotatable bonds is 4. The average Bonchev–Trinajstić information content (AvgIpc) is 3.24. The lowest BCUT2D eigenvalue weighted by molar-refractivity contribution is 0.0913. The molecule has 0 radical (unpaired) electrons. The van der Waals surface area contributed by atoms with Crippen LogP contribution in [0.4, 0.5) is 0 Å². The molecule has 1 aliphatic rings. The molecule has 1 saturated heterocycles. The summed E-state index contributed by atoms with van der Waals surface area (Å²) in [6.45, 7) is 1.44. The molecule has 1 aliphatic heterocycles. The van der Waals surface area contributed by atoms with Gasteiger partial charge in [-0.3, -0.25) is 9.69 Å². The smallest absolute Gasteiger partial charge is 0.193 e. The number of fused-ring (bicyclic) bond motifs is 1. The van der Waals surface area contributed by atoms with Gasteiger partial charge in [-0.1, -0.05) is 12.1 Å². The topological polar surface area (TPSA) is 38.1 Å². The number of hydrogen-bond donors (Lipinski definition) is 0. The molecule has 0 bridgehead atoms. The molecule has 0 spiro atoms. The van der Waals surface area contributed by atoms with Crippen LogP contribution in [0.2, 0.25) is 0 Å². The molecule has 5 heteroatoms. The highest BCUT2D eigenvalue weighted by Crippen LogP contribution is 2.36. The largest absolute Gasteiger partial charge is 0.348 e. The fourth-order valence-corrected chi connectivity index (χ4v) is 4.48. The number of likely N-dealkylation sites (tertiary alicyclic amines) is 1. The summed E-state index contributed by atoms with van der Waals surface area (Å²) in [5.74, 6) is 0.186. The highest BCUT2D eigenvalue weighted by Gasteiger charge is 2.30. The van der Waals surface area contributed by atoms with Crippen molar-refractivity contribution in [2.75, 3.05) is 13.1 Å². The molecule has 23 heavy (non-hydrogen) atoms. The van der Waals surface area contributed by atoms with E-state index >= 15 is 0 Å². The maximum Gasteiger partial charge on any atom is 0.193 e. The second kappa shape index (κ2) is 5.91. The van der Waals surface area contributed by atoms with E-state index in [1.165, 1.54) is 4.70 Å². The zero-order valence-corrected chi connectivity index (χ0v) is 13.9. The summed E-state index contributed by atoms with van der Waals surface area (Å²) in [6.07, 6.45) is 4.13. The van der Waals surface area contributed by atoms with E-state index < -0.39 is 0 Å². The van der Waals surface area contributed by atoms with E-state index in [1.54, 1.807) is 11.3 Å². The van der Waals surface area contributed by atoms with Crippen molar-refractivity contribution in [3.63, 3.8) is 0 Å². The SMILES string of the molecule is Cn1cccc1C(=O)CN1CCCC1c1nc2ccccc2s1. The third-order valence-corrected chi connectivity index (χ3v) is 5.67. The van der Waals surface area contributed by atoms with Gasteiger partial charge in [0.1, 0.15) is 5.01 Å².